The number of carbonyl (C=O) groups is 1. The highest BCUT2D eigenvalue weighted by molar-refractivity contribution is 5.99. The van der Waals surface area contributed by atoms with Gasteiger partial charge < -0.3 is 5.73 Å². The molecule has 2 rings (SSSR count). The van der Waals surface area contributed by atoms with Gasteiger partial charge >= 0.3 is 0 Å². The van der Waals surface area contributed by atoms with E-state index in [1.54, 1.807) is 0 Å². The molecular weight excluding hydrogens is 234 g/mol. The van der Waals surface area contributed by atoms with Crippen molar-refractivity contribution in [1.82, 2.24) is 0 Å². The van der Waals surface area contributed by atoms with Gasteiger partial charge in [-0.05, 0) is 56.4 Å². The van der Waals surface area contributed by atoms with E-state index in [4.69, 9.17) is 5.73 Å². The van der Waals surface area contributed by atoms with Crippen molar-refractivity contribution in [2.45, 2.75) is 58.9 Å². The van der Waals surface area contributed by atoms with E-state index in [9.17, 15) is 4.79 Å². The predicted octanol–water partition coefficient (Wildman–Crippen LogP) is 3.70. The fourth-order valence-corrected chi connectivity index (χ4v) is 3.09. The van der Waals surface area contributed by atoms with Crippen LogP contribution in [0.1, 0.15) is 59.2 Å². The van der Waals surface area contributed by atoms with Crippen LogP contribution in [0.2, 0.25) is 0 Å². The monoisotopic (exact) mass is 259 g/mol. The largest absolute Gasteiger partial charge is 0.327 e. The summed E-state index contributed by atoms with van der Waals surface area (Å²) in [6.45, 7) is 6.19. The minimum Gasteiger partial charge on any atom is -0.327 e. The summed E-state index contributed by atoms with van der Waals surface area (Å²) in [6.07, 6.45) is 5.45. The van der Waals surface area contributed by atoms with E-state index < -0.39 is 0 Å². The second-order valence-corrected chi connectivity index (χ2v) is 6.02. The summed E-state index contributed by atoms with van der Waals surface area (Å²) < 4.78 is 0. The third-order valence-corrected chi connectivity index (χ3v) is 4.51. The third-order valence-electron chi connectivity index (χ3n) is 4.51. The Morgan fingerprint density at radius 3 is 2.37 bits per heavy atom. The lowest BCUT2D eigenvalue weighted by atomic mass is 9.85. The molecule has 0 heterocycles. The Hall–Kier alpha value is -1.15. The number of rotatable bonds is 2. The molecule has 1 aromatic rings. The molecule has 2 atom stereocenters. The summed E-state index contributed by atoms with van der Waals surface area (Å²) in [5.74, 6) is 0.276. The van der Waals surface area contributed by atoms with Gasteiger partial charge in [-0.2, -0.15) is 0 Å². The van der Waals surface area contributed by atoms with Crippen molar-refractivity contribution < 1.29 is 4.79 Å². The first-order chi connectivity index (χ1) is 9.00. The van der Waals surface area contributed by atoms with Crippen LogP contribution >= 0.6 is 0 Å². The van der Waals surface area contributed by atoms with Gasteiger partial charge in [0.2, 0.25) is 0 Å². The zero-order chi connectivity index (χ0) is 14.0. The number of aryl methyl sites for hydroxylation is 3. The Labute approximate surface area is 116 Å². The lowest BCUT2D eigenvalue weighted by Crippen LogP contribution is -2.35. The topological polar surface area (TPSA) is 43.1 Å². The highest BCUT2D eigenvalue weighted by Gasteiger charge is 2.28. The molecule has 1 aliphatic carbocycles. The first-order valence-corrected chi connectivity index (χ1v) is 7.38. The van der Waals surface area contributed by atoms with Crippen molar-refractivity contribution in [3.63, 3.8) is 0 Å². The molecule has 1 saturated carbocycles. The highest BCUT2D eigenvalue weighted by atomic mass is 16.1. The molecule has 0 bridgehead atoms. The average Bonchev–Trinajstić information content (AvgIpc) is 2.58. The van der Waals surface area contributed by atoms with E-state index >= 15 is 0 Å². The van der Waals surface area contributed by atoms with Crippen LogP contribution in [0.25, 0.3) is 0 Å². The van der Waals surface area contributed by atoms with Gasteiger partial charge in [-0.15, -0.1) is 0 Å². The zero-order valence-corrected chi connectivity index (χ0v) is 12.3. The molecule has 0 aliphatic heterocycles. The third kappa shape index (κ3) is 3.06. The molecule has 2 heteroatoms. The van der Waals surface area contributed by atoms with Crippen molar-refractivity contribution >= 4 is 5.78 Å². The van der Waals surface area contributed by atoms with E-state index in [0.717, 1.165) is 36.8 Å². The molecule has 0 aromatic heterocycles. The zero-order valence-electron chi connectivity index (χ0n) is 12.3. The van der Waals surface area contributed by atoms with Crippen LogP contribution in [0.5, 0.6) is 0 Å². The van der Waals surface area contributed by atoms with E-state index in [-0.39, 0.29) is 17.7 Å². The van der Waals surface area contributed by atoms with Crippen molar-refractivity contribution in [1.29, 1.82) is 0 Å². The Kier molecular flexibility index (Phi) is 4.41. The summed E-state index contributed by atoms with van der Waals surface area (Å²) in [5.41, 5.74) is 10.6. The number of hydrogen-bond acceptors (Lipinski definition) is 2. The van der Waals surface area contributed by atoms with E-state index in [2.05, 4.69) is 19.9 Å². The van der Waals surface area contributed by atoms with Gasteiger partial charge in [-0.25, -0.2) is 0 Å². The number of carbonyl (C=O) groups excluding carboxylic acids is 1. The number of Topliss-reactive ketones (excluding diaryl/α,β-unsaturated/α-hetero) is 1. The maximum absolute atomic E-state index is 12.8. The fraction of sp³-hybridized carbons (Fsp3) is 0.588. The second kappa shape index (κ2) is 5.87. The van der Waals surface area contributed by atoms with Crippen molar-refractivity contribution in [2.75, 3.05) is 0 Å². The number of nitrogens with two attached hydrogens (primary N) is 1. The molecule has 0 saturated heterocycles. The van der Waals surface area contributed by atoms with E-state index in [0.29, 0.717) is 0 Å². The summed E-state index contributed by atoms with van der Waals surface area (Å²) >= 11 is 0. The van der Waals surface area contributed by atoms with Crippen LogP contribution in [-0.2, 0) is 0 Å². The van der Waals surface area contributed by atoms with Crippen LogP contribution < -0.4 is 5.73 Å². The predicted molar refractivity (Wildman–Crippen MR) is 79.5 cm³/mol. The number of ketones is 1. The molecule has 2 nitrogen and oxygen atoms in total. The Balaban J connectivity index is 2.30. The van der Waals surface area contributed by atoms with Crippen LogP contribution in [-0.4, -0.2) is 11.8 Å². The molecule has 0 amide bonds. The Morgan fingerprint density at radius 1 is 1.00 bits per heavy atom. The molecule has 0 radical (unpaired) electrons. The first-order valence-electron chi connectivity index (χ1n) is 7.38. The molecule has 1 aliphatic rings. The molecule has 19 heavy (non-hydrogen) atoms. The lowest BCUT2D eigenvalue weighted by Gasteiger charge is -2.21. The highest BCUT2D eigenvalue weighted by Crippen LogP contribution is 2.27. The van der Waals surface area contributed by atoms with Crippen molar-refractivity contribution in [3.8, 4) is 0 Å². The van der Waals surface area contributed by atoms with Crippen molar-refractivity contribution in [2.24, 2.45) is 11.7 Å². The van der Waals surface area contributed by atoms with Gasteiger partial charge in [-0.3, -0.25) is 4.79 Å². The second-order valence-electron chi connectivity index (χ2n) is 6.02. The number of benzene rings is 1. The van der Waals surface area contributed by atoms with E-state index in [1.807, 2.05) is 13.0 Å². The molecule has 1 fully saturated rings. The molecule has 2 N–H and O–H groups in total. The maximum Gasteiger partial charge on any atom is 0.167 e. The first kappa shape index (κ1) is 14.3. The van der Waals surface area contributed by atoms with Gasteiger partial charge in [0, 0.05) is 17.5 Å². The Bertz CT molecular complexity index is 478. The van der Waals surface area contributed by atoms with Gasteiger partial charge in [0.05, 0.1) is 0 Å². The summed E-state index contributed by atoms with van der Waals surface area (Å²) in [4.78, 5) is 12.8. The summed E-state index contributed by atoms with van der Waals surface area (Å²) in [6, 6.07) is 4.20. The molecule has 2 unspecified atom stereocenters. The van der Waals surface area contributed by atoms with Crippen LogP contribution in [0.3, 0.4) is 0 Å². The number of hydrogen-bond donors (Lipinski definition) is 1. The van der Waals surface area contributed by atoms with Crippen LogP contribution in [0, 0.1) is 26.7 Å². The van der Waals surface area contributed by atoms with Gasteiger partial charge in [0.15, 0.2) is 5.78 Å². The normalized spacial score (nSPS) is 24.0. The van der Waals surface area contributed by atoms with E-state index in [1.165, 1.54) is 17.5 Å². The molecule has 1 aromatic carbocycles. The maximum atomic E-state index is 12.8. The average molecular weight is 259 g/mol. The van der Waals surface area contributed by atoms with Gasteiger partial charge in [-0.1, -0.05) is 25.3 Å². The summed E-state index contributed by atoms with van der Waals surface area (Å²) in [5, 5.41) is 0. The van der Waals surface area contributed by atoms with Crippen LogP contribution in [0.4, 0.5) is 0 Å². The van der Waals surface area contributed by atoms with Crippen LogP contribution in [0.15, 0.2) is 12.1 Å². The lowest BCUT2D eigenvalue weighted by molar-refractivity contribution is 0.0894. The Morgan fingerprint density at radius 2 is 1.63 bits per heavy atom. The molecular formula is C17H25NO. The minimum absolute atomic E-state index is 0.0170. The quantitative estimate of drug-likeness (QED) is 0.650. The van der Waals surface area contributed by atoms with Crippen molar-refractivity contribution in [3.05, 3.63) is 34.4 Å². The van der Waals surface area contributed by atoms with Gasteiger partial charge in [0.25, 0.3) is 0 Å². The fourth-order valence-electron chi connectivity index (χ4n) is 3.09. The molecule has 104 valence electrons. The minimum atomic E-state index is 0.0170. The molecule has 0 spiro atoms. The standard InChI is InChI=1S/C17H25NO/c1-11-9-13(3)15(10-12(11)2)17(19)14-7-5-4-6-8-16(14)18/h9-10,14,16H,4-8,18H2,1-3H3. The van der Waals surface area contributed by atoms with Gasteiger partial charge in [0.1, 0.15) is 0 Å². The summed E-state index contributed by atoms with van der Waals surface area (Å²) in [7, 11) is 0. The SMILES string of the molecule is Cc1cc(C)c(C(=O)C2CCCCCC2N)cc1C. The smallest absolute Gasteiger partial charge is 0.167 e.